The molecule has 10 heteroatoms. The number of imide groups is 1. The molecule has 0 unspecified atom stereocenters. The lowest BCUT2D eigenvalue weighted by atomic mass is 9.88. The summed E-state index contributed by atoms with van der Waals surface area (Å²) in [5, 5.41) is 0.164. The highest BCUT2D eigenvalue weighted by Crippen LogP contribution is 2.40. The van der Waals surface area contributed by atoms with Gasteiger partial charge in [-0.2, -0.15) is 21.6 Å². The largest absolute Gasteiger partial charge is 0.391 e. The number of halogens is 3. The van der Waals surface area contributed by atoms with E-state index in [4.69, 9.17) is 4.28 Å². The van der Waals surface area contributed by atoms with Crippen molar-refractivity contribution in [3.63, 3.8) is 0 Å². The van der Waals surface area contributed by atoms with Gasteiger partial charge in [0.2, 0.25) is 0 Å². The molecule has 0 atom stereocenters. The normalized spacial score (nSPS) is 21.6. The summed E-state index contributed by atoms with van der Waals surface area (Å²) in [4.78, 5) is 26.1. The average molecular weight is 484 g/mol. The van der Waals surface area contributed by atoms with E-state index < -0.39 is 39.3 Å². The van der Waals surface area contributed by atoms with E-state index in [0.717, 1.165) is 18.4 Å². The van der Waals surface area contributed by atoms with Crippen molar-refractivity contribution in [1.82, 2.24) is 5.06 Å². The van der Waals surface area contributed by atoms with Crippen molar-refractivity contribution >= 4 is 32.7 Å². The van der Waals surface area contributed by atoms with Crippen molar-refractivity contribution in [2.45, 2.75) is 63.3 Å². The van der Waals surface area contributed by atoms with Gasteiger partial charge in [-0.15, -0.1) is 9.35 Å². The Kier molecular flexibility index (Phi) is 6.26. The molecule has 1 aliphatic carbocycles. The first kappa shape index (κ1) is 23.7. The number of carbonyl (C=O) groups is 2. The maximum atomic E-state index is 13.2. The van der Waals surface area contributed by atoms with Gasteiger partial charge >= 0.3 is 6.18 Å². The third kappa shape index (κ3) is 4.50. The van der Waals surface area contributed by atoms with Gasteiger partial charge in [0.15, 0.2) is 0 Å². The van der Waals surface area contributed by atoms with Crippen LogP contribution in [0.5, 0.6) is 0 Å². The highest BCUT2D eigenvalue weighted by Gasteiger charge is 2.46. The van der Waals surface area contributed by atoms with E-state index in [0.29, 0.717) is 17.2 Å². The van der Waals surface area contributed by atoms with Crippen LogP contribution < -0.4 is 0 Å². The molecule has 0 bridgehead atoms. The molecule has 178 valence electrons. The minimum atomic E-state index is -4.50. The standard InChI is InChI=1S/C23H24F3NO5S/c1-2-3-5-14-12-15-6-4-7-18-20(15)19(13-14)22(29)27(21(18)28)32-33(30,31)17-10-8-16(9-11-17)23(24,25)26/h4,6-7,12-13,16-17H,2-3,5,8-11H2,1H3. The number of aryl methyl sites for hydroxylation is 1. The third-order valence-corrected chi connectivity index (χ3v) is 8.05. The number of rotatable bonds is 6. The van der Waals surface area contributed by atoms with Crippen molar-refractivity contribution in [1.29, 1.82) is 0 Å². The molecule has 33 heavy (non-hydrogen) atoms. The second kappa shape index (κ2) is 8.72. The SMILES string of the molecule is CCCCc1cc2c3c(cccc3c1)C(=O)N(OS(=O)(=O)C1CCC(C(F)(F)F)CC1)C2=O. The lowest BCUT2D eigenvalue weighted by Crippen LogP contribution is -2.44. The van der Waals surface area contributed by atoms with E-state index in [9.17, 15) is 31.2 Å². The summed E-state index contributed by atoms with van der Waals surface area (Å²) >= 11 is 0. The summed E-state index contributed by atoms with van der Waals surface area (Å²) in [6.07, 6.45) is -3.02. The van der Waals surface area contributed by atoms with Crippen molar-refractivity contribution < 1.29 is 35.5 Å². The molecular weight excluding hydrogens is 459 g/mol. The second-order valence-electron chi connectivity index (χ2n) is 8.64. The smallest absolute Gasteiger partial charge is 0.266 e. The Morgan fingerprint density at radius 2 is 1.70 bits per heavy atom. The van der Waals surface area contributed by atoms with Crippen LogP contribution in [0.4, 0.5) is 13.2 Å². The molecule has 2 aromatic rings. The van der Waals surface area contributed by atoms with E-state index in [2.05, 4.69) is 0 Å². The molecule has 2 aromatic carbocycles. The Labute approximate surface area is 189 Å². The number of alkyl halides is 3. The van der Waals surface area contributed by atoms with Crippen LogP contribution in [0.3, 0.4) is 0 Å². The first-order chi connectivity index (χ1) is 15.5. The monoisotopic (exact) mass is 483 g/mol. The third-order valence-electron chi connectivity index (χ3n) is 6.41. The fourth-order valence-corrected chi connectivity index (χ4v) is 5.90. The summed E-state index contributed by atoms with van der Waals surface area (Å²) in [5.74, 6) is -3.37. The van der Waals surface area contributed by atoms with Crippen LogP contribution in [0, 0.1) is 5.92 Å². The number of hydroxylamine groups is 2. The second-order valence-corrected chi connectivity index (χ2v) is 10.4. The van der Waals surface area contributed by atoms with Gasteiger partial charge in [-0.3, -0.25) is 9.59 Å². The van der Waals surface area contributed by atoms with E-state index >= 15 is 0 Å². The molecule has 0 saturated heterocycles. The summed E-state index contributed by atoms with van der Waals surface area (Å²) in [7, 11) is -4.50. The average Bonchev–Trinajstić information content (AvgIpc) is 2.78. The fraction of sp³-hybridized carbons (Fsp3) is 0.478. The first-order valence-corrected chi connectivity index (χ1v) is 12.4. The van der Waals surface area contributed by atoms with Crippen molar-refractivity contribution in [3.05, 3.63) is 47.0 Å². The Morgan fingerprint density at radius 3 is 2.33 bits per heavy atom. The van der Waals surface area contributed by atoms with E-state index in [1.165, 1.54) is 6.07 Å². The first-order valence-electron chi connectivity index (χ1n) is 11.0. The summed E-state index contributed by atoms with van der Waals surface area (Å²) < 4.78 is 69.4. The van der Waals surface area contributed by atoms with Gasteiger partial charge in [0.25, 0.3) is 21.9 Å². The predicted molar refractivity (Wildman–Crippen MR) is 115 cm³/mol. The van der Waals surface area contributed by atoms with Crippen LogP contribution in [0.25, 0.3) is 10.8 Å². The predicted octanol–water partition coefficient (Wildman–Crippen LogP) is 5.16. The maximum Gasteiger partial charge on any atom is 0.391 e. The topological polar surface area (TPSA) is 80.8 Å². The van der Waals surface area contributed by atoms with E-state index in [-0.39, 0.29) is 41.9 Å². The molecule has 1 aliphatic heterocycles. The zero-order valence-electron chi connectivity index (χ0n) is 18.0. The van der Waals surface area contributed by atoms with Crippen molar-refractivity contribution in [3.8, 4) is 0 Å². The molecule has 1 saturated carbocycles. The molecule has 2 aliphatic rings. The molecule has 4 rings (SSSR count). The number of benzene rings is 2. The minimum absolute atomic E-state index is 0.139. The molecule has 0 spiro atoms. The number of hydrogen-bond donors (Lipinski definition) is 0. The van der Waals surface area contributed by atoms with E-state index in [1.807, 2.05) is 13.0 Å². The van der Waals surface area contributed by atoms with Crippen LogP contribution in [-0.4, -0.2) is 36.7 Å². The quantitative estimate of drug-likeness (QED) is 0.530. The number of unbranched alkanes of at least 4 members (excludes halogenated alkanes) is 1. The Bertz CT molecular complexity index is 1200. The molecule has 0 aromatic heterocycles. The van der Waals surface area contributed by atoms with Gasteiger partial charge < -0.3 is 0 Å². The molecular formula is C23H24F3NO5S. The summed E-state index contributed by atoms with van der Waals surface area (Å²) in [5.41, 5.74) is 1.19. The van der Waals surface area contributed by atoms with Gasteiger partial charge in [-0.05, 0) is 61.6 Å². The number of carbonyl (C=O) groups excluding carboxylic acids is 2. The number of nitrogens with zero attached hydrogens (tertiary/aromatic N) is 1. The van der Waals surface area contributed by atoms with Crippen molar-refractivity contribution in [2.75, 3.05) is 0 Å². The highest BCUT2D eigenvalue weighted by atomic mass is 32.2. The summed E-state index contributed by atoms with van der Waals surface area (Å²) in [6.45, 7) is 2.04. The van der Waals surface area contributed by atoms with Gasteiger partial charge in [0.05, 0.1) is 22.3 Å². The van der Waals surface area contributed by atoms with Gasteiger partial charge in [0, 0.05) is 5.39 Å². The van der Waals surface area contributed by atoms with Crippen LogP contribution in [0.15, 0.2) is 30.3 Å². The Hall–Kier alpha value is -2.46. The molecule has 0 N–H and O–H groups in total. The van der Waals surface area contributed by atoms with Crippen LogP contribution in [0.1, 0.15) is 71.7 Å². The Morgan fingerprint density at radius 1 is 1.03 bits per heavy atom. The van der Waals surface area contributed by atoms with Crippen LogP contribution >= 0.6 is 0 Å². The molecule has 1 fully saturated rings. The molecule has 0 radical (unpaired) electrons. The zero-order chi connectivity index (χ0) is 24.0. The van der Waals surface area contributed by atoms with Crippen LogP contribution in [-0.2, 0) is 20.8 Å². The maximum absolute atomic E-state index is 13.2. The van der Waals surface area contributed by atoms with Crippen molar-refractivity contribution in [2.24, 2.45) is 5.92 Å². The number of hydrogen-bond acceptors (Lipinski definition) is 5. The molecule has 2 amide bonds. The van der Waals surface area contributed by atoms with Gasteiger partial charge in [-0.1, -0.05) is 31.5 Å². The minimum Gasteiger partial charge on any atom is -0.266 e. The fourth-order valence-electron chi connectivity index (χ4n) is 4.58. The van der Waals surface area contributed by atoms with Gasteiger partial charge in [0.1, 0.15) is 0 Å². The zero-order valence-corrected chi connectivity index (χ0v) is 18.8. The molecule has 1 heterocycles. The number of amides is 2. The summed E-state index contributed by atoms with van der Waals surface area (Å²) in [6, 6.07) is 8.47. The Balaban J connectivity index is 1.61. The van der Waals surface area contributed by atoms with Gasteiger partial charge in [-0.25, -0.2) is 0 Å². The molecule has 6 nitrogen and oxygen atoms in total. The van der Waals surface area contributed by atoms with E-state index in [1.54, 1.807) is 18.2 Å². The lowest BCUT2D eigenvalue weighted by molar-refractivity contribution is -0.181. The highest BCUT2D eigenvalue weighted by molar-refractivity contribution is 7.87. The van der Waals surface area contributed by atoms with Crippen LogP contribution in [0.2, 0.25) is 0 Å². The lowest BCUT2D eigenvalue weighted by Gasteiger charge is -2.31.